The molecular formula is C17H26N2O2. The number of hydrogen-bond acceptors (Lipinski definition) is 2. The molecule has 1 saturated heterocycles. The lowest BCUT2D eigenvalue weighted by Gasteiger charge is -2.32. The monoisotopic (exact) mass is 290 g/mol. The molecule has 1 fully saturated rings. The van der Waals surface area contributed by atoms with Gasteiger partial charge in [0.2, 0.25) is 0 Å². The van der Waals surface area contributed by atoms with Crippen molar-refractivity contribution in [3.63, 3.8) is 0 Å². The third-order valence-corrected chi connectivity index (χ3v) is 4.04. The lowest BCUT2D eigenvalue weighted by Crippen LogP contribution is -2.43. The van der Waals surface area contributed by atoms with Crippen molar-refractivity contribution in [3.8, 4) is 0 Å². The smallest absolute Gasteiger partial charge is 0.321 e. The van der Waals surface area contributed by atoms with E-state index in [-0.39, 0.29) is 24.0 Å². The van der Waals surface area contributed by atoms with Gasteiger partial charge in [-0.1, -0.05) is 39.0 Å². The Labute approximate surface area is 127 Å². The van der Waals surface area contributed by atoms with E-state index in [2.05, 4.69) is 32.2 Å². The molecule has 116 valence electrons. The highest BCUT2D eigenvalue weighted by Gasteiger charge is 2.24. The second kappa shape index (κ2) is 6.48. The molecule has 0 spiro atoms. The fourth-order valence-electron chi connectivity index (χ4n) is 2.84. The van der Waals surface area contributed by atoms with Crippen LogP contribution >= 0.6 is 0 Å². The maximum absolute atomic E-state index is 12.4. The molecule has 4 heteroatoms. The first-order chi connectivity index (χ1) is 9.91. The number of carbonyl (C=O) groups is 1. The van der Waals surface area contributed by atoms with Crippen molar-refractivity contribution in [1.29, 1.82) is 0 Å². The minimum atomic E-state index is -0.0650. The average molecular weight is 290 g/mol. The molecule has 0 aliphatic carbocycles. The molecular weight excluding hydrogens is 264 g/mol. The van der Waals surface area contributed by atoms with Gasteiger partial charge in [0, 0.05) is 25.4 Å². The van der Waals surface area contributed by atoms with E-state index >= 15 is 0 Å². The molecule has 2 N–H and O–H groups in total. The van der Waals surface area contributed by atoms with E-state index < -0.39 is 0 Å². The van der Waals surface area contributed by atoms with Crippen LogP contribution in [0.15, 0.2) is 24.3 Å². The van der Waals surface area contributed by atoms with Crippen LogP contribution < -0.4 is 5.32 Å². The average Bonchev–Trinajstić information content (AvgIpc) is 2.46. The van der Waals surface area contributed by atoms with Gasteiger partial charge in [-0.15, -0.1) is 0 Å². The lowest BCUT2D eigenvalue weighted by atomic mass is 9.86. The van der Waals surface area contributed by atoms with Crippen LogP contribution in [0, 0.1) is 5.92 Å². The van der Waals surface area contributed by atoms with Gasteiger partial charge in [-0.05, 0) is 35.8 Å². The fourth-order valence-corrected chi connectivity index (χ4v) is 2.84. The normalized spacial score (nSPS) is 19.4. The zero-order valence-electron chi connectivity index (χ0n) is 13.2. The standard InChI is InChI=1S/C17H26N2O2/c1-17(2,3)14-8-4-5-9-15(14)18-16(21)19-10-6-7-13(11-19)12-20/h4-5,8-9,13,20H,6-7,10-12H2,1-3H3,(H,18,21). The number of anilines is 1. The molecule has 21 heavy (non-hydrogen) atoms. The topological polar surface area (TPSA) is 52.6 Å². The van der Waals surface area contributed by atoms with Crippen LogP contribution in [-0.2, 0) is 5.41 Å². The van der Waals surface area contributed by atoms with Gasteiger partial charge in [0.25, 0.3) is 0 Å². The quantitative estimate of drug-likeness (QED) is 0.878. The summed E-state index contributed by atoms with van der Waals surface area (Å²) in [5.74, 6) is 0.211. The number of aliphatic hydroxyl groups is 1. The minimum absolute atomic E-state index is 0.0145. The summed E-state index contributed by atoms with van der Waals surface area (Å²) in [6, 6.07) is 7.88. The molecule has 0 radical (unpaired) electrons. The van der Waals surface area contributed by atoms with Crippen molar-refractivity contribution >= 4 is 11.7 Å². The summed E-state index contributed by atoms with van der Waals surface area (Å²) in [7, 11) is 0. The summed E-state index contributed by atoms with van der Waals surface area (Å²) in [4.78, 5) is 14.3. The summed E-state index contributed by atoms with van der Waals surface area (Å²) in [5.41, 5.74) is 1.99. The molecule has 1 aliphatic rings. The summed E-state index contributed by atoms with van der Waals surface area (Å²) in [6.45, 7) is 7.98. The van der Waals surface area contributed by atoms with Gasteiger partial charge in [-0.2, -0.15) is 0 Å². The van der Waals surface area contributed by atoms with Gasteiger partial charge in [-0.25, -0.2) is 4.79 Å². The molecule has 4 nitrogen and oxygen atoms in total. The van der Waals surface area contributed by atoms with E-state index in [0.29, 0.717) is 6.54 Å². The molecule has 2 amide bonds. The highest BCUT2D eigenvalue weighted by Crippen LogP contribution is 2.29. The molecule has 0 saturated carbocycles. The van der Waals surface area contributed by atoms with Gasteiger partial charge in [0.05, 0.1) is 0 Å². The van der Waals surface area contributed by atoms with Crippen molar-refractivity contribution in [2.24, 2.45) is 5.92 Å². The lowest BCUT2D eigenvalue weighted by molar-refractivity contribution is 0.136. The summed E-state index contributed by atoms with van der Waals surface area (Å²) in [6.07, 6.45) is 1.96. The number of aliphatic hydroxyl groups excluding tert-OH is 1. The van der Waals surface area contributed by atoms with Crippen LogP contribution in [0.3, 0.4) is 0 Å². The zero-order valence-corrected chi connectivity index (χ0v) is 13.2. The van der Waals surface area contributed by atoms with Crippen molar-refractivity contribution in [1.82, 2.24) is 4.90 Å². The van der Waals surface area contributed by atoms with Gasteiger partial charge >= 0.3 is 6.03 Å². The number of urea groups is 1. The van der Waals surface area contributed by atoms with Gasteiger partial charge in [0.1, 0.15) is 0 Å². The number of rotatable bonds is 2. The maximum Gasteiger partial charge on any atom is 0.321 e. The van der Waals surface area contributed by atoms with Crippen LogP contribution in [0.2, 0.25) is 0 Å². The summed E-state index contributed by atoms with van der Waals surface area (Å²) < 4.78 is 0. The van der Waals surface area contributed by atoms with E-state index in [9.17, 15) is 9.90 Å². The van der Waals surface area contributed by atoms with Gasteiger partial charge in [-0.3, -0.25) is 0 Å². The van der Waals surface area contributed by atoms with Crippen LogP contribution in [0.1, 0.15) is 39.2 Å². The molecule has 2 rings (SSSR count). The Morgan fingerprint density at radius 2 is 2.10 bits per heavy atom. The highest BCUT2D eigenvalue weighted by atomic mass is 16.3. The minimum Gasteiger partial charge on any atom is -0.396 e. The number of carbonyl (C=O) groups excluding carboxylic acids is 1. The van der Waals surface area contributed by atoms with Crippen molar-refractivity contribution in [3.05, 3.63) is 29.8 Å². The Bertz CT molecular complexity index is 494. The molecule has 1 aromatic carbocycles. The van der Waals surface area contributed by atoms with E-state index in [1.807, 2.05) is 23.1 Å². The van der Waals surface area contributed by atoms with Gasteiger partial charge in [0.15, 0.2) is 0 Å². The number of benzene rings is 1. The first-order valence-corrected chi connectivity index (χ1v) is 7.68. The third kappa shape index (κ3) is 3.97. The van der Waals surface area contributed by atoms with Crippen molar-refractivity contribution in [2.45, 2.75) is 39.0 Å². The Morgan fingerprint density at radius 1 is 1.38 bits per heavy atom. The van der Waals surface area contributed by atoms with E-state index in [0.717, 1.165) is 30.6 Å². The second-order valence-electron chi connectivity index (χ2n) is 6.86. The molecule has 1 atom stereocenters. The Balaban J connectivity index is 2.10. The van der Waals surface area contributed by atoms with Crippen LogP contribution in [0.4, 0.5) is 10.5 Å². The van der Waals surface area contributed by atoms with Crippen molar-refractivity contribution < 1.29 is 9.90 Å². The fraction of sp³-hybridized carbons (Fsp3) is 0.588. The number of amides is 2. The summed E-state index contributed by atoms with van der Waals surface area (Å²) >= 11 is 0. The highest BCUT2D eigenvalue weighted by molar-refractivity contribution is 5.90. The molecule has 1 aliphatic heterocycles. The third-order valence-electron chi connectivity index (χ3n) is 4.04. The first kappa shape index (κ1) is 15.8. The number of likely N-dealkylation sites (tertiary alicyclic amines) is 1. The van der Waals surface area contributed by atoms with Gasteiger partial charge < -0.3 is 15.3 Å². The predicted molar refractivity (Wildman–Crippen MR) is 85.5 cm³/mol. The Kier molecular flexibility index (Phi) is 4.88. The van der Waals surface area contributed by atoms with E-state index in [1.54, 1.807) is 0 Å². The van der Waals surface area contributed by atoms with Crippen molar-refractivity contribution in [2.75, 3.05) is 25.0 Å². The molecule has 0 bridgehead atoms. The largest absolute Gasteiger partial charge is 0.396 e. The Hall–Kier alpha value is -1.55. The number of para-hydroxylation sites is 1. The molecule has 1 unspecified atom stereocenters. The molecule has 0 aromatic heterocycles. The predicted octanol–water partition coefficient (Wildman–Crippen LogP) is 3.22. The SMILES string of the molecule is CC(C)(C)c1ccccc1NC(=O)N1CCCC(CO)C1. The number of hydrogen-bond donors (Lipinski definition) is 2. The molecule has 1 heterocycles. The first-order valence-electron chi connectivity index (χ1n) is 7.68. The zero-order chi connectivity index (χ0) is 15.5. The van der Waals surface area contributed by atoms with Crippen LogP contribution in [0.25, 0.3) is 0 Å². The summed E-state index contributed by atoms with van der Waals surface area (Å²) in [5, 5.41) is 12.3. The number of nitrogens with one attached hydrogen (secondary N) is 1. The van der Waals surface area contributed by atoms with E-state index in [4.69, 9.17) is 0 Å². The second-order valence-corrected chi connectivity index (χ2v) is 6.86. The maximum atomic E-state index is 12.4. The molecule has 1 aromatic rings. The van der Waals surface area contributed by atoms with Crippen LogP contribution in [-0.4, -0.2) is 35.7 Å². The number of nitrogens with zero attached hydrogens (tertiary/aromatic N) is 1. The number of piperidine rings is 1. The van der Waals surface area contributed by atoms with E-state index in [1.165, 1.54) is 0 Å². The Morgan fingerprint density at radius 3 is 2.76 bits per heavy atom. The van der Waals surface area contributed by atoms with Crippen LogP contribution in [0.5, 0.6) is 0 Å².